The molecule has 1 aromatic heterocycles. The molecule has 2 N–H and O–H groups in total. The van der Waals surface area contributed by atoms with Crippen molar-refractivity contribution >= 4 is 28.8 Å². The minimum atomic E-state index is -0.248. The first kappa shape index (κ1) is 23.0. The molecule has 1 unspecified atom stereocenters. The van der Waals surface area contributed by atoms with Crippen LogP contribution in [0.3, 0.4) is 0 Å². The third kappa shape index (κ3) is 5.60. The van der Waals surface area contributed by atoms with Gasteiger partial charge in [0.25, 0.3) is 5.91 Å². The molecule has 1 fully saturated rings. The summed E-state index contributed by atoms with van der Waals surface area (Å²) in [6.45, 7) is 4.27. The standard InChI is InChI=1S/C26H29N3O3S/c1-3-32-23-12-11-21(29-24(30)18-7-4-5-8-18)16-22(23)25(31)28-17(2)19-9-6-10-20(15-19)26-27-13-14-33-26/h6,9-18H,3-5,7-8H2,1-2H3,(H,28,31)(H,29,30). The highest BCUT2D eigenvalue weighted by molar-refractivity contribution is 7.13. The molecule has 4 rings (SSSR count). The number of rotatable bonds is 8. The van der Waals surface area contributed by atoms with Crippen molar-refractivity contribution in [1.29, 1.82) is 0 Å². The van der Waals surface area contributed by atoms with Gasteiger partial charge in [-0.15, -0.1) is 11.3 Å². The van der Waals surface area contributed by atoms with Crippen LogP contribution in [0.15, 0.2) is 54.0 Å². The summed E-state index contributed by atoms with van der Waals surface area (Å²) in [5, 5.41) is 8.94. The van der Waals surface area contributed by atoms with E-state index in [2.05, 4.69) is 15.6 Å². The number of benzene rings is 2. The van der Waals surface area contributed by atoms with Gasteiger partial charge in [-0.05, 0) is 56.5 Å². The second kappa shape index (κ2) is 10.6. The third-order valence-electron chi connectivity index (χ3n) is 5.93. The van der Waals surface area contributed by atoms with Gasteiger partial charge >= 0.3 is 0 Å². The molecular weight excluding hydrogens is 434 g/mol. The number of nitrogens with zero attached hydrogens (tertiary/aromatic N) is 1. The molecule has 2 aromatic carbocycles. The average molecular weight is 464 g/mol. The summed E-state index contributed by atoms with van der Waals surface area (Å²) in [6.07, 6.45) is 5.82. The van der Waals surface area contributed by atoms with Gasteiger partial charge in [0.05, 0.1) is 18.2 Å². The van der Waals surface area contributed by atoms with Crippen LogP contribution < -0.4 is 15.4 Å². The van der Waals surface area contributed by atoms with Crippen molar-refractivity contribution in [3.63, 3.8) is 0 Å². The molecule has 0 radical (unpaired) electrons. The smallest absolute Gasteiger partial charge is 0.255 e. The van der Waals surface area contributed by atoms with Gasteiger partial charge in [0.1, 0.15) is 10.8 Å². The highest BCUT2D eigenvalue weighted by atomic mass is 32.1. The van der Waals surface area contributed by atoms with Crippen LogP contribution in [0.1, 0.15) is 61.5 Å². The van der Waals surface area contributed by atoms with Crippen LogP contribution in [0.2, 0.25) is 0 Å². The first-order valence-electron chi connectivity index (χ1n) is 11.4. The summed E-state index contributed by atoms with van der Waals surface area (Å²) >= 11 is 1.58. The van der Waals surface area contributed by atoms with E-state index in [-0.39, 0.29) is 23.8 Å². The van der Waals surface area contributed by atoms with E-state index in [0.29, 0.717) is 23.6 Å². The minimum Gasteiger partial charge on any atom is -0.493 e. The molecule has 172 valence electrons. The fourth-order valence-electron chi connectivity index (χ4n) is 4.16. The number of thiazole rings is 1. The minimum absolute atomic E-state index is 0.0235. The molecule has 1 heterocycles. The third-order valence-corrected chi connectivity index (χ3v) is 6.75. The van der Waals surface area contributed by atoms with Crippen LogP contribution in [0.4, 0.5) is 5.69 Å². The number of amides is 2. The lowest BCUT2D eigenvalue weighted by Crippen LogP contribution is -2.27. The zero-order valence-electron chi connectivity index (χ0n) is 19.0. The Kier molecular flexibility index (Phi) is 7.40. The fraction of sp³-hybridized carbons (Fsp3) is 0.346. The predicted octanol–water partition coefficient (Wildman–Crippen LogP) is 5.83. The van der Waals surface area contributed by atoms with Crippen molar-refractivity contribution in [3.05, 3.63) is 65.2 Å². The molecule has 1 aliphatic rings. The number of carbonyl (C=O) groups excluding carboxylic acids is 2. The lowest BCUT2D eigenvalue weighted by molar-refractivity contribution is -0.119. The van der Waals surface area contributed by atoms with Crippen molar-refractivity contribution in [2.45, 2.75) is 45.6 Å². The zero-order valence-corrected chi connectivity index (χ0v) is 19.8. The van der Waals surface area contributed by atoms with Crippen LogP contribution in [0.5, 0.6) is 5.75 Å². The number of anilines is 1. The number of nitrogens with one attached hydrogen (secondary N) is 2. The Morgan fingerprint density at radius 3 is 2.73 bits per heavy atom. The summed E-state index contributed by atoms with van der Waals surface area (Å²) in [7, 11) is 0. The number of hydrogen-bond acceptors (Lipinski definition) is 5. The Balaban J connectivity index is 1.51. The van der Waals surface area contributed by atoms with E-state index in [9.17, 15) is 9.59 Å². The summed E-state index contributed by atoms with van der Waals surface area (Å²) in [4.78, 5) is 30.1. The maximum atomic E-state index is 13.2. The molecule has 1 atom stereocenters. The predicted molar refractivity (Wildman–Crippen MR) is 132 cm³/mol. The molecule has 2 amide bonds. The second-order valence-corrected chi connectivity index (χ2v) is 9.17. The van der Waals surface area contributed by atoms with Crippen LogP contribution in [0.25, 0.3) is 10.6 Å². The van der Waals surface area contributed by atoms with Crippen molar-refractivity contribution in [1.82, 2.24) is 10.3 Å². The lowest BCUT2D eigenvalue weighted by atomic mass is 10.0. The van der Waals surface area contributed by atoms with E-state index >= 15 is 0 Å². The van der Waals surface area contributed by atoms with Crippen molar-refractivity contribution in [2.24, 2.45) is 5.92 Å². The molecule has 1 aliphatic carbocycles. The van der Waals surface area contributed by atoms with E-state index in [1.54, 1.807) is 35.7 Å². The highest BCUT2D eigenvalue weighted by Crippen LogP contribution is 2.29. The van der Waals surface area contributed by atoms with Crippen LogP contribution in [0, 0.1) is 5.92 Å². The Bertz CT molecular complexity index is 1110. The van der Waals surface area contributed by atoms with Gasteiger partial charge in [-0.25, -0.2) is 4.98 Å². The van der Waals surface area contributed by atoms with Gasteiger partial charge in [0, 0.05) is 28.7 Å². The largest absolute Gasteiger partial charge is 0.493 e. The monoisotopic (exact) mass is 463 g/mol. The van der Waals surface area contributed by atoms with Crippen LogP contribution in [-0.2, 0) is 4.79 Å². The molecule has 3 aromatic rings. The van der Waals surface area contributed by atoms with E-state index < -0.39 is 0 Å². The summed E-state index contributed by atoms with van der Waals surface area (Å²) in [6, 6.07) is 13.0. The Labute approximate surface area is 198 Å². The van der Waals surface area contributed by atoms with Crippen molar-refractivity contribution in [3.8, 4) is 16.3 Å². The van der Waals surface area contributed by atoms with Crippen LogP contribution >= 0.6 is 11.3 Å². The van der Waals surface area contributed by atoms with Gasteiger partial charge in [0.2, 0.25) is 5.91 Å². The first-order valence-corrected chi connectivity index (χ1v) is 12.3. The number of carbonyl (C=O) groups is 2. The Morgan fingerprint density at radius 1 is 1.18 bits per heavy atom. The lowest BCUT2D eigenvalue weighted by Gasteiger charge is -2.18. The van der Waals surface area contributed by atoms with E-state index in [1.165, 1.54) is 0 Å². The van der Waals surface area contributed by atoms with Gasteiger partial charge in [-0.2, -0.15) is 0 Å². The van der Waals surface area contributed by atoms with Gasteiger partial charge in [-0.1, -0.05) is 31.0 Å². The molecule has 7 heteroatoms. The van der Waals surface area contributed by atoms with Gasteiger partial charge < -0.3 is 15.4 Å². The molecular formula is C26H29N3O3S. The topological polar surface area (TPSA) is 80.3 Å². The number of aromatic nitrogens is 1. The molecule has 6 nitrogen and oxygen atoms in total. The van der Waals surface area contributed by atoms with Crippen LogP contribution in [-0.4, -0.2) is 23.4 Å². The molecule has 33 heavy (non-hydrogen) atoms. The Morgan fingerprint density at radius 2 is 2.00 bits per heavy atom. The zero-order chi connectivity index (χ0) is 23.2. The normalized spacial score (nSPS) is 14.6. The maximum Gasteiger partial charge on any atom is 0.255 e. The van der Waals surface area contributed by atoms with Gasteiger partial charge in [0.15, 0.2) is 0 Å². The Hall–Kier alpha value is -3.19. The van der Waals surface area contributed by atoms with Crippen molar-refractivity contribution < 1.29 is 14.3 Å². The summed E-state index contributed by atoms with van der Waals surface area (Å²) in [5.41, 5.74) is 3.03. The average Bonchev–Trinajstić information content (AvgIpc) is 3.55. The van der Waals surface area contributed by atoms with E-state index in [0.717, 1.165) is 41.8 Å². The maximum absolute atomic E-state index is 13.2. The number of hydrogen-bond donors (Lipinski definition) is 2. The number of ether oxygens (including phenoxy) is 1. The molecule has 1 saturated carbocycles. The molecule has 0 aliphatic heterocycles. The molecule has 0 saturated heterocycles. The molecule has 0 bridgehead atoms. The fourth-order valence-corrected chi connectivity index (χ4v) is 4.80. The summed E-state index contributed by atoms with van der Waals surface area (Å²) in [5.74, 6) is 0.328. The SMILES string of the molecule is CCOc1ccc(NC(=O)C2CCCC2)cc1C(=O)NC(C)c1cccc(-c2nccs2)c1. The van der Waals surface area contributed by atoms with Gasteiger partial charge in [-0.3, -0.25) is 9.59 Å². The first-order chi connectivity index (χ1) is 16.0. The second-order valence-electron chi connectivity index (χ2n) is 8.27. The quantitative estimate of drug-likeness (QED) is 0.441. The summed E-state index contributed by atoms with van der Waals surface area (Å²) < 4.78 is 5.69. The van der Waals surface area contributed by atoms with Crippen molar-refractivity contribution in [2.75, 3.05) is 11.9 Å². The highest BCUT2D eigenvalue weighted by Gasteiger charge is 2.23. The van der Waals surface area contributed by atoms with E-state index in [4.69, 9.17) is 4.74 Å². The van der Waals surface area contributed by atoms with E-state index in [1.807, 2.05) is 43.5 Å². The molecule has 0 spiro atoms.